The molecule has 2 aliphatic rings. The van der Waals surface area contributed by atoms with E-state index < -0.39 is 30.0 Å². The Kier molecular flexibility index (Phi) is 4.16. The number of halogens is 3. The van der Waals surface area contributed by atoms with E-state index >= 15 is 0 Å². The molecule has 0 bridgehead atoms. The molecule has 26 heavy (non-hydrogen) atoms. The molecule has 3 N–H and O–H groups in total. The van der Waals surface area contributed by atoms with Crippen LogP contribution >= 0.6 is 0 Å². The van der Waals surface area contributed by atoms with E-state index in [2.05, 4.69) is 10.3 Å². The lowest BCUT2D eigenvalue weighted by Crippen LogP contribution is -2.46. The fourth-order valence-electron chi connectivity index (χ4n) is 2.89. The van der Waals surface area contributed by atoms with Crippen molar-refractivity contribution in [3.8, 4) is 0 Å². The monoisotopic (exact) mass is 367 g/mol. The van der Waals surface area contributed by atoms with Crippen molar-refractivity contribution in [1.29, 1.82) is 0 Å². The second-order valence-electron chi connectivity index (χ2n) is 7.45. The molecule has 0 amide bonds. The summed E-state index contributed by atoms with van der Waals surface area (Å²) in [6.45, 7) is 7.53. The van der Waals surface area contributed by atoms with Crippen LogP contribution in [0, 0.1) is 0 Å². The molecule has 0 radical (unpaired) electrons. The SMILES string of the molecule is CC1(C)OB(c2cccc(C3(C(F)(F)F)C=CNC(N)=N3)c2)OC1(C)C. The van der Waals surface area contributed by atoms with E-state index in [1.165, 1.54) is 18.2 Å². The van der Waals surface area contributed by atoms with Crippen molar-refractivity contribution in [1.82, 2.24) is 5.32 Å². The summed E-state index contributed by atoms with van der Waals surface area (Å²) in [5.74, 6) is -0.300. The number of guanidine groups is 1. The van der Waals surface area contributed by atoms with Crippen molar-refractivity contribution in [2.24, 2.45) is 10.7 Å². The van der Waals surface area contributed by atoms with Crippen LogP contribution in [0.5, 0.6) is 0 Å². The molecule has 1 aromatic rings. The molecule has 1 aromatic carbocycles. The van der Waals surface area contributed by atoms with Gasteiger partial charge in [0.05, 0.1) is 11.2 Å². The lowest BCUT2D eigenvalue weighted by molar-refractivity contribution is -0.174. The maximum absolute atomic E-state index is 13.9. The Morgan fingerprint density at radius 1 is 1.12 bits per heavy atom. The molecule has 2 heterocycles. The number of nitrogens with two attached hydrogens (primary N) is 1. The number of benzene rings is 1. The van der Waals surface area contributed by atoms with Gasteiger partial charge in [-0.15, -0.1) is 0 Å². The number of alkyl halides is 3. The van der Waals surface area contributed by atoms with E-state index in [1.54, 1.807) is 6.07 Å². The zero-order valence-corrected chi connectivity index (χ0v) is 15.0. The van der Waals surface area contributed by atoms with E-state index in [-0.39, 0.29) is 11.5 Å². The van der Waals surface area contributed by atoms with Gasteiger partial charge in [-0.05, 0) is 44.8 Å². The molecule has 0 saturated carbocycles. The van der Waals surface area contributed by atoms with Crippen LogP contribution in [-0.4, -0.2) is 30.5 Å². The number of hydrogen-bond acceptors (Lipinski definition) is 5. The zero-order valence-electron chi connectivity index (χ0n) is 15.0. The maximum atomic E-state index is 13.9. The molecule has 0 aliphatic carbocycles. The van der Waals surface area contributed by atoms with E-state index in [9.17, 15) is 13.2 Å². The Labute approximate surface area is 150 Å². The van der Waals surface area contributed by atoms with Gasteiger partial charge in [0, 0.05) is 6.20 Å². The second-order valence-corrected chi connectivity index (χ2v) is 7.45. The first-order valence-electron chi connectivity index (χ1n) is 8.20. The minimum Gasteiger partial charge on any atom is -0.399 e. The molecule has 1 atom stereocenters. The van der Waals surface area contributed by atoms with Crippen LogP contribution in [0.4, 0.5) is 13.2 Å². The van der Waals surface area contributed by atoms with Crippen molar-refractivity contribution in [2.45, 2.75) is 50.6 Å². The van der Waals surface area contributed by atoms with E-state index in [0.29, 0.717) is 5.46 Å². The van der Waals surface area contributed by atoms with Crippen molar-refractivity contribution in [3.63, 3.8) is 0 Å². The average Bonchev–Trinajstić information content (AvgIpc) is 2.74. The Bertz CT molecular complexity index is 761. The number of rotatable bonds is 2. The third-order valence-corrected chi connectivity index (χ3v) is 5.14. The fourth-order valence-corrected chi connectivity index (χ4v) is 2.89. The Balaban J connectivity index is 2.05. The minimum absolute atomic E-state index is 0.0575. The minimum atomic E-state index is -4.66. The number of nitrogens with zero attached hydrogens (tertiary/aromatic N) is 1. The first-order chi connectivity index (χ1) is 11.9. The van der Waals surface area contributed by atoms with Crippen molar-refractivity contribution >= 4 is 18.5 Å². The van der Waals surface area contributed by atoms with Gasteiger partial charge in [-0.2, -0.15) is 13.2 Å². The second kappa shape index (κ2) is 5.75. The summed E-state index contributed by atoms with van der Waals surface area (Å²) >= 11 is 0. The van der Waals surface area contributed by atoms with Gasteiger partial charge in [0.25, 0.3) is 0 Å². The van der Waals surface area contributed by atoms with Gasteiger partial charge in [0.1, 0.15) is 0 Å². The molecule has 5 nitrogen and oxygen atoms in total. The molecule has 3 rings (SSSR count). The van der Waals surface area contributed by atoms with Crippen LogP contribution in [0.2, 0.25) is 0 Å². The molecular weight excluding hydrogens is 346 g/mol. The highest BCUT2D eigenvalue weighted by molar-refractivity contribution is 6.62. The molecular formula is C17H21BF3N3O2. The third-order valence-electron chi connectivity index (χ3n) is 5.14. The van der Waals surface area contributed by atoms with Gasteiger partial charge in [-0.25, -0.2) is 4.99 Å². The van der Waals surface area contributed by atoms with Crippen LogP contribution in [-0.2, 0) is 14.8 Å². The first-order valence-corrected chi connectivity index (χ1v) is 8.20. The molecule has 1 saturated heterocycles. The van der Waals surface area contributed by atoms with Gasteiger partial charge in [-0.1, -0.05) is 24.3 Å². The summed E-state index contributed by atoms with van der Waals surface area (Å²) in [6.07, 6.45) is -2.56. The third kappa shape index (κ3) is 2.89. The van der Waals surface area contributed by atoms with E-state index in [4.69, 9.17) is 15.0 Å². The highest BCUT2D eigenvalue weighted by atomic mass is 19.4. The van der Waals surface area contributed by atoms with E-state index in [1.807, 2.05) is 27.7 Å². The zero-order chi connectivity index (χ0) is 19.4. The lowest BCUT2D eigenvalue weighted by Gasteiger charge is -2.32. The molecule has 2 aliphatic heterocycles. The van der Waals surface area contributed by atoms with Crippen LogP contribution in [0.3, 0.4) is 0 Å². The molecule has 1 fully saturated rings. The van der Waals surface area contributed by atoms with Gasteiger partial charge >= 0.3 is 13.3 Å². The summed E-state index contributed by atoms with van der Waals surface area (Å²) < 4.78 is 53.6. The molecule has 0 spiro atoms. The van der Waals surface area contributed by atoms with Crippen molar-refractivity contribution < 1.29 is 22.5 Å². The average molecular weight is 367 g/mol. The largest absolute Gasteiger partial charge is 0.494 e. The van der Waals surface area contributed by atoms with Crippen LogP contribution in [0.15, 0.2) is 41.5 Å². The van der Waals surface area contributed by atoms with Crippen LogP contribution in [0.1, 0.15) is 33.3 Å². The van der Waals surface area contributed by atoms with Gasteiger partial charge in [0.15, 0.2) is 5.96 Å². The summed E-state index contributed by atoms with van der Waals surface area (Å²) in [7, 11) is -0.766. The molecule has 1 unspecified atom stereocenters. The van der Waals surface area contributed by atoms with Gasteiger partial charge in [-0.3, -0.25) is 0 Å². The topological polar surface area (TPSA) is 68.9 Å². The normalized spacial score (nSPS) is 27.2. The van der Waals surface area contributed by atoms with Crippen LogP contribution < -0.4 is 16.5 Å². The Morgan fingerprint density at radius 2 is 1.73 bits per heavy atom. The van der Waals surface area contributed by atoms with Gasteiger partial charge in [0.2, 0.25) is 5.54 Å². The quantitative estimate of drug-likeness (QED) is 0.787. The number of nitrogens with one attached hydrogen (secondary N) is 1. The summed E-state index contributed by atoms with van der Waals surface area (Å²) in [5.41, 5.74) is 2.21. The summed E-state index contributed by atoms with van der Waals surface area (Å²) in [6, 6.07) is 5.98. The fraction of sp³-hybridized carbons (Fsp3) is 0.471. The van der Waals surface area contributed by atoms with Crippen LogP contribution in [0.25, 0.3) is 0 Å². The summed E-state index contributed by atoms with van der Waals surface area (Å²) in [4.78, 5) is 3.67. The maximum Gasteiger partial charge on any atom is 0.494 e. The highest BCUT2D eigenvalue weighted by Crippen LogP contribution is 2.44. The first kappa shape index (κ1) is 18.8. The summed E-state index contributed by atoms with van der Waals surface area (Å²) in [5, 5.41) is 2.47. The highest BCUT2D eigenvalue weighted by Gasteiger charge is 2.57. The van der Waals surface area contributed by atoms with Crippen molar-refractivity contribution in [3.05, 3.63) is 42.1 Å². The Hall–Kier alpha value is -2.00. The smallest absolute Gasteiger partial charge is 0.399 e. The Morgan fingerprint density at radius 3 is 2.27 bits per heavy atom. The predicted octanol–water partition coefficient (Wildman–Crippen LogP) is 2.17. The predicted molar refractivity (Wildman–Crippen MR) is 93.8 cm³/mol. The van der Waals surface area contributed by atoms with Crippen molar-refractivity contribution in [2.75, 3.05) is 0 Å². The van der Waals surface area contributed by atoms with E-state index in [0.717, 1.165) is 12.3 Å². The lowest BCUT2D eigenvalue weighted by atomic mass is 9.76. The van der Waals surface area contributed by atoms with Gasteiger partial charge < -0.3 is 20.4 Å². The molecule has 9 heteroatoms. The number of hydrogen-bond donors (Lipinski definition) is 2. The number of aliphatic imine (C=N–C) groups is 1. The molecule has 0 aromatic heterocycles. The molecule has 140 valence electrons. The standard InChI is InChI=1S/C17H21BF3N3O2/c1-14(2)15(3,4)26-18(25-14)12-7-5-6-11(10-12)16(17(19,20)21)8-9-23-13(22)24-16/h5-10H,1-4H3,(H3,22,23,24).